The van der Waals surface area contributed by atoms with Crippen molar-refractivity contribution in [2.45, 2.75) is 38.2 Å². The number of para-hydroxylation sites is 1. The van der Waals surface area contributed by atoms with Crippen LogP contribution in [0, 0.1) is 6.92 Å². The summed E-state index contributed by atoms with van der Waals surface area (Å²) in [5.41, 5.74) is 4.11. The Balaban J connectivity index is 1.60. The largest absolute Gasteiger partial charge is 0.494 e. The fourth-order valence-corrected chi connectivity index (χ4v) is 4.71. The van der Waals surface area contributed by atoms with E-state index >= 15 is 0 Å². The van der Waals surface area contributed by atoms with E-state index in [0.29, 0.717) is 29.5 Å². The van der Waals surface area contributed by atoms with Crippen LogP contribution in [0.25, 0.3) is 5.69 Å². The quantitative estimate of drug-likeness (QED) is 0.573. The number of aromatic nitrogens is 2. The number of hydrogen-bond donors (Lipinski definition) is 1. The van der Waals surface area contributed by atoms with Gasteiger partial charge in [-0.3, -0.25) is 9.00 Å². The SMILES string of the molecule is CCCCOc1ccc(C(=O)Nc2c3c(nn2-c2ccccc2C)CS(=O)C3)cc1. The number of hydrogen-bond acceptors (Lipinski definition) is 4. The highest BCUT2D eigenvalue weighted by Crippen LogP contribution is 2.32. The molecule has 2 aromatic carbocycles. The third-order valence-corrected chi connectivity index (χ3v) is 6.33. The van der Waals surface area contributed by atoms with E-state index in [1.54, 1.807) is 16.8 Å². The van der Waals surface area contributed by atoms with E-state index < -0.39 is 10.8 Å². The first-order valence-electron chi connectivity index (χ1n) is 10.1. The maximum atomic E-state index is 13.0. The van der Waals surface area contributed by atoms with Gasteiger partial charge in [-0.25, -0.2) is 4.68 Å². The third-order valence-electron chi connectivity index (χ3n) is 5.13. The number of unbranched alkanes of at least 4 members (excludes halogenated alkanes) is 1. The summed E-state index contributed by atoms with van der Waals surface area (Å²) >= 11 is 0. The van der Waals surface area contributed by atoms with Crippen molar-refractivity contribution in [1.82, 2.24) is 9.78 Å². The van der Waals surface area contributed by atoms with Gasteiger partial charge in [-0.1, -0.05) is 31.5 Å². The number of nitrogens with zero attached hydrogens (tertiary/aromatic N) is 2. The second-order valence-corrected chi connectivity index (χ2v) is 8.84. The Morgan fingerprint density at radius 3 is 2.67 bits per heavy atom. The zero-order chi connectivity index (χ0) is 21.1. The van der Waals surface area contributed by atoms with E-state index in [4.69, 9.17) is 4.74 Å². The zero-order valence-corrected chi connectivity index (χ0v) is 18.0. The lowest BCUT2D eigenvalue weighted by Gasteiger charge is -2.13. The first-order chi connectivity index (χ1) is 14.6. The predicted octanol–water partition coefficient (Wildman–Crippen LogP) is 4.37. The average Bonchev–Trinajstić information content (AvgIpc) is 3.26. The molecule has 0 saturated carbocycles. The number of aryl methyl sites for hydroxylation is 1. The zero-order valence-electron chi connectivity index (χ0n) is 17.2. The van der Waals surface area contributed by atoms with Crippen molar-refractivity contribution in [3.05, 3.63) is 70.9 Å². The molecular weight excluding hydrogens is 398 g/mol. The van der Waals surface area contributed by atoms with Gasteiger partial charge in [0, 0.05) is 21.9 Å². The Kier molecular flexibility index (Phi) is 5.99. The van der Waals surface area contributed by atoms with Crippen LogP contribution < -0.4 is 10.1 Å². The van der Waals surface area contributed by atoms with Gasteiger partial charge in [0.2, 0.25) is 0 Å². The molecule has 0 fully saturated rings. The number of benzene rings is 2. The molecular formula is C23H25N3O3S. The van der Waals surface area contributed by atoms with Crippen LogP contribution in [-0.4, -0.2) is 26.5 Å². The summed E-state index contributed by atoms with van der Waals surface area (Å²) in [5, 5.41) is 7.68. The van der Waals surface area contributed by atoms with Crippen molar-refractivity contribution in [3.8, 4) is 11.4 Å². The predicted molar refractivity (Wildman–Crippen MR) is 119 cm³/mol. The number of carbonyl (C=O) groups is 1. The second kappa shape index (κ2) is 8.83. The van der Waals surface area contributed by atoms with Gasteiger partial charge in [0.25, 0.3) is 5.91 Å². The molecule has 1 N–H and O–H groups in total. The molecule has 1 amide bonds. The number of carbonyl (C=O) groups excluding carboxylic acids is 1. The lowest BCUT2D eigenvalue weighted by Crippen LogP contribution is -2.17. The highest BCUT2D eigenvalue weighted by Gasteiger charge is 2.28. The Morgan fingerprint density at radius 2 is 1.93 bits per heavy atom. The number of fused-ring (bicyclic) bond motifs is 1. The maximum Gasteiger partial charge on any atom is 0.256 e. The van der Waals surface area contributed by atoms with Crippen molar-refractivity contribution in [1.29, 1.82) is 0 Å². The molecule has 0 saturated heterocycles. The highest BCUT2D eigenvalue weighted by molar-refractivity contribution is 7.83. The highest BCUT2D eigenvalue weighted by atomic mass is 32.2. The van der Waals surface area contributed by atoms with Crippen LogP contribution in [0.15, 0.2) is 48.5 Å². The van der Waals surface area contributed by atoms with Gasteiger partial charge in [0.15, 0.2) is 0 Å². The number of rotatable bonds is 7. The molecule has 30 heavy (non-hydrogen) atoms. The Morgan fingerprint density at radius 1 is 1.17 bits per heavy atom. The first kappa shape index (κ1) is 20.3. The summed E-state index contributed by atoms with van der Waals surface area (Å²) in [5.74, 6) is 1.94. The normalized spacial score (nSPS) is 15.1. The van der Waals surface area contributed by atoms with Crippen LogP contribution >= 0.6 is 0 Å². The van der Waals surface area contributed by atoms with E-state index in [1.807, 2.05) is 43.3 Å². The molecule has 1 unspecified atom stereocenters. The Bertz CT molecular complexity index is 1090. The van der Waals surface area contributed by atoms with Crippen LogP contribution in [-0.2, 0) is 22.3 Å². The van der Waals surface area contributed by atoms with Crippen LogP contribution in [0.1, 0.15) is 46.9 Å². The number of anilines is 1. The number of amides is 1. The molecule has 2 heterocycles. The van der Waals surface area contributed by atoms with Gasteiger partial charge in [-0.05, 0) is 49.2 Å². The Hall–Kier alpha value is -2.93. The monoisotopic (exact) mass is 423 g/mol. The van der Waals surface area contributed by atoms with E-state index in [2.05, 4.69) is 17.3 Å². The van der Waals surface area contributed by atoms with Gasteiger partial charge >= 0.3 is 0 Å². The van der Waals surface area contributed by atoms with E-state index in [9.17, 15) is 9.00 Å². The molecule has 0 bridgehead atoms. The second-order valence-electron chi connectivity index (χ2n) is 7.38. The minimum atomic E-state index is -0.979. The molecule has 0 aliphatic carbocycles. The molecule has 3 aromatic rings. The average molecular weight is 424 g/mol. The molecule has 7 heteroatoms. The van der Waals surface area contributed by atoms with E-state index in [0.717, 1.165) is 41.1 Å². The lowest BCUT2D eigenvalue weighted by atomic mass is 10.2. The first-order valence-corrected chi connectivity index (χ1v) is 11.6. The van der Waals surface area contributed by atoms with Crippen molar-refractivity contribution >= 4 is 22.5 Å². The van der Waals surface area contributed by atoms with Crippen molar-refractivity contribution in [3.63, 3.8) is 0 Å². The van der Waals surface area contributed by atoms with Crippen LogP contribution in [0.4, 0.5) is 5.82 Å². The standard InChI is InChI=1S/C23H25N3O3S/c1-3-4-13-29-18-11-9-17(10-12-18)23(27)24-22-19-14-30(28)15-20(19)25-26(22)21-8-6-5-7-16(21)2/h5-12H,3-4,13-15H2,1-2H3,(H,24,27). The number of nitrogens with one attached hydrogen (secondary N) is 1. The molecule has 1 aromatic heterocycles. The topological polar surface area (TPSA) is 73.2 Å². The molecule has 6 nitrogen and oxygen atoms in total. The van der Waals surface area contributed by atoms with Gasteiger partial charge in [-0.2, -0.15) is 5.10 Å². The van der Waals surface area contributed by atoms with Crippen molar-refractivity contribution < 1.29 is 13.7 Å². The molecule has 0 radical (unpaired) electrons. The maximum absolute atomic E-state index is 13.0. The molecule has 1 aliphatic heterocycles. The third kappa shape index (κ3) is 4.16. The summed E-state index contributed by atoms with van der Waals surface area (Å²) in [6, 6.07) is 15.0. The smallest absolute Gasteiger partial charge is 0.256 e. The summed E-state index contributed by atoms with van der Waals surface area (Å²) < 4.78 is 19.5. The minimum absolute atomic E-state index is 0.231. The number of ether oxygens (including phenoxy) is 1. The van der Waals surface area contributed by atoms with E-state index in [1.165, 1.54) is 0 Å². The van der Waals surface area contributed by atoms with Gasteiger partial charge in [-0.15, -0.1) is 0 Å². The summed E-state index contributed by atoms with van der Waals surface area (Å²) in [6.07, 6.45) is 2.07. The lowest BCUT2D eigenvalue weighted by molar-refractivity contribution is 0.102. The molecule has 0 spiro atoms. The fraction of sp³-hybridized carbons (Fsp3) is 0.304. The fourth-order valence-electron chi connectivity index (χ4n) is 3.45. The van der Waals surface area contributed by atoms with Crippen LogP contribution in [0.2, 0.25) is 0 Å². The molecule has 1 atom stereocenters. The minimum Gasteiger partial charge on any atom is -0.494 e. The Labute approximate surface area is 178 Å². The van der Waals surface area contributed by atoms with Gasteiger partial charge in [0.05, 0.1) is 29.5 Å². The summed E-state index contributed by atoms with van der Waals surface area (Å²) in [7, 11) is -0.979. The van der Waals surface area contributed by atoms with Crippen LogP contribution in [0.5, 0.6) is 5.75 Å². The van der Waals surface area contributed by atoms with E-state index in [-0.39, 0.29) is 5.91 Å². The van der Waals surface area contributed by atoms with Crippen molar-refractivity contribution in [2.75, 3.05) is 11.9 Å². The van der Waals surface area contributed by atoms with Gasteiger partial charge in [0.1, 0.15) is 11.6 Å². The summed E-state index contributed by atoms with van der Waals surface area (Å²) in [4.78, 5) is 13.0. The molecule has 156 valence electrons. The molecule has 1 aliphatic rings. The van der Waals surface area contributed by atoms with Crippen molar-refractivity contribution in [2.24, 2.45) is 0 Å². The summed E-state index contributed by atoms with van der Waals surface area (Å²) in [6.45, 7) is 4.79. The van der Waals surface area contributed by atoms with Crippen LogP contribution in [0.3, 0.4) is 0 Å². The molecule has 4 rings (SSSR count). The van der Waals surface area contributed by atoms with Gasteiger partial charge < -0.3 is 10.1 Å².